The van der Waals surface area contributed by atoms with Crippen LogP contribution in [-0.4, -0.2) is 40.0 Å². The number of anilines is 2. The molecule has 0 spiro atoms. The molecule has 0 radical (unpaired) electrons. The fourth-order valence-corrected chi connectivity index (χ4v) is 5.72. The van der Waals surface area contributed by atoms with Crippen LogP contribution in [0.1, 0.15) is 55.8 Å². The maximum Gasteiger partial charge on any atom is 0.237 e. The number of carbonyl (C=O) groups excluding carboxylic acids is 1. The van der Waals surface area contributed by atoms with Crippen molar-refractivity contribution in [2.45, 2.75) is 61.9 Å². The Morgan fingerprint density at radius 3 is 2.59 bits per heavy atom. The molecule has 32 heavy (non-hydrogen) atoms. The van der Waals surface area contributed by atoms with E-state index in [4.69, 9.17) is 0 Å². The first-order chi connectivity index (χ1) is 15.5. The minimum Gasteiger partial charge on any atom is -0.378 e. The molecule has 1 N–H and O–H groups in total. The minimum atomic E-state index is -0.273. The average molecular weight is 470 g/mol. The summed E-state index contributed by atoms with van der Waals surface area (Å²) in [4.78, 5) is 16.2. The van der Waals surface area contributed by atoms with Gasteiger partial charge in [0.2, 0.25) is 5.91 Å². The first-order valence-electron chi connectivity index (χ1n) is 11.2. The van der Waals surface area contributed by atoms with Crippen molar-refractivity contribution in [3.8, 4) is 0 Å². The molecule has 6 nitrogen and oxygen atoms in total. The van der Waals surface area contributed by atoms with E-state index in [9.17, 15) is 4.79 Å². The van der Waals surface area contributed by atoms with Crippen LogP contribution in [0, 0.1) is 0 Å². The Morgan fingerprint density at radius 1 is 1.19 bits per heavy atom. The number of thioether (sulfide) groups is 1. The summed E-state index contributed by atoms with van der Waals surface area (Å²) in [6.07, 6.45) is 6.88. The Hall–Kier alpha value is -2.32. The third-order valence-corrected chi connectivity index (χ3v) is 7.82. The molecule has 1 saturated carbocycles. The molecule has 1 aromatic carbocycles. The van der Waals surface area contributed by atoms with Crippen LogP contribution in [0.15, 0.2) is 46.9 Å². The lowest BCUT2D eigenvalue weighted by Gasteiger charge is -2.26. The van der Waals surface area contributed by atoms with E-state index < -0.39 is 0 Å². The molecule has 1 amide bonds. The summed E-state index contributed by atoms with van der Waals surface area (Å²) < 4.78 is 2.32. The highest BCUT2D eigenvalue weighted by atomic mass is 32.2. The Bertz CT molecular complexity index is 1010. The molecular formula is C24H31N5OS2. The lowest BCUT2D eigenvalue weighted by atomic mass is 9.95. The maximum absolute atomic E-state index is 12.9. The third kappa shape index (κ3) is 5.53. The predicted molar refractivity (Wildman–Crippen MR) is 134 cm³/mol. The molecule has 2 aromatic heterocycles. The van der Waals surface area contributed by atoms with Crippen LogP contribution in [0.3, 0.4) is 0 Å². The van der Waals surface area contributed by atoms with Crippen molar-refractivity contribution in [3.63, 3.8) is 0 Å². The first-order valence-corrected chi connectivity index (χ1v) is 13.0. The highest BCUT2D eigenvalue weighted by Gasteiger charge is 2.26. The lowest BCUT2D eigenvalue weighted by Crippen LogP contribution is -2.24. The van der Waals surface area contributed by atoms with Crippen LogP contribution in [0.2, 0.25) is 0 Å². The van der Waals surface area contributed by atoms with E-state index >= 15 is 0 Å². The Labute approximate surface area is 198 Å². The van der Waals surface area contributed by atoms with Gasteiger partial charge in [0.05, 0.1) is 5.25 Å². The lowest BCUT2D eigenvalue weighted by molar-refractivity contribution is -0.115. The molecule has 3 aromatic rings. The predicted octanol–water partition coefficient (Wildman–Crippen LogP) is 5.62. The molecule has 0 saturated heterocycles. The molecular weight excluding hydrogens is 438 g/mol. The number of rotatable bonds is 8. The largest absolute Gasteiger partial charge is 0.378 e. The number of amides is 1. The van der Waals surface area contributed by atoms with Crippen molar-refractivity contribution >= 4 is 40.4 Å². The first kappa shape index (κ1) is 22.9. The van der Waals surface area contributed by atoms with Gasteiger partial charge in [-0.3, -0.25) is 4.79 Å². The van der Waals surface area contributed by atoms with Crippen molar-refractivity contribution in [1.29, 1.82) is 0 Å². The highest BCUT2D eigenvalue weighted by Crippen LogP contribution is 2.35. The number of carbonyl (C=O) groups is 1. The fourth-order valence-electron chi connectivity index (χ4n) is 4.08. The molecule has 0 bridgehead atoms. The maximum atomic E-state index is 12.9. The minimum absolute atomic E-state index is 0.0226. The molecule has 1 fully saturated rings. The highest BCUT2D eigenvalue weighted by molar-refractivity contribution is 8.00. The van der Waals surface area contributed by atoms with Crippen molar-refractivity contribution in [2.75, 3.05) is 24.3 Å². The molecule has 0 aliphatic heterocycles. The number of thiophene rings is 1. The van der Waals surface area contributed by atoms with Gasteiger partial charge in [-0.25, -0.2) is 0 Å². The summed E-state index contributed by atoms with van der Waals surface area (Å²) in [6.45, 7) is 1.94. The number of benzene rings is 1. The summed E-state index contributed by atoms with van der Waals surface area (Å²) in [5, 5.41) is 14.8. The zero-order valence-electron chi connectivity index (χ0n) is 19.0. The van der Waals surface area contributed by atoms with Gasteiger partial charge in [-0.2, -0.15) is 0 Å². The Morgan fingerprint density at radius 2 is 1.94 bits per heavy atom. The fraction of sp³-hybridized carbons (Fsp3) is 0.458. The number of hydrogen-bond acceptors (Lipinski definition) is 6. The van der Waals surface area contributed by atoms with Crippen LogP contribution in [0.5, 0.6) is 0 Å². The summed E-state index contributed by atoms with van der Waals surface area (Å²) in [6, 6.07) is 12.5. The molecule has 8 heteroatoms. The topological polar surface area (TPSA) is 63.1 Å². The van der Waals surface area contributed by atoms with Gasteiger partial charge >= 0.3 is 0 Å². The van der Waals surface area contributed by atoms with Crippen molar-refractivity contribution < 1.29 is 4.79 Å². The summed E-state index contributed by atoms with van der Waals surface area (Å²) in [7, 11) is 4.00. The SMILES string of the molecule is CC(Sc1nnc(Cc2cccs2)n1C1CCCCC1)C(=O)Nc1ccc(N(C)C)cc1. The van der Waals surface area contributed by atoms with Crippen LogP contribution < -0.4 is 10.2 Å². The molecule has 4 rings (SSSR count). The van der Waals surface area contributed by atoms with Crippen LogP contribution in [-0.2, 0) is 11.2 Å². The smallest absolute Gasteiger partial charge is 0.237 e. The van der Waals surface area contributed by atoms with Crippen LogP contribution in [0.4, 0.5) is 11.4 Å². The van der Waals surface area contributed by atoms with E-state index in [0.29, 0.717) is 6.04 Å². The quantitative estimate of drug-likeness (QED) is 0.434. The van der Waals surface area contributed by atoms with Crippen molar-refractivity contribution in [1.82, 2.24) is 14.8 Å². The van der Waals surface area contributed by atoms with Gasteiger partial charge in [-0.05, 0) is 55.5 Å². The molecule has 1 unspecified atom stereocenters. The van der Waals surface area contributed by atoms with E-state index in [2.05, 4.69) is 37.6 Å². The number of aromatic nitrogens is 3. The molecule has 170 valence electrons. The summed E-state index contributed by atoms with van der Waals surface area (Å²) >= 11 is 3.26. The zero-order chi connectivity index (χ0) is 22.5. The third-order valence-electron chi connectivity index (χ3n) is 5.89. The zero-order valence-corrected chi connectivity index (χ0v) is 20.6. The van der Waals surface area contributed by atoms with Crippen molar-refractivity contribution in [2.24, 2.45) is 0 Å². The summed E-state index contributed by atoms with van der Waals surface area (Å²) in [5.74, 6) is 0.985. The molecule has 1 aliphatic carbocycles. The second-order valence-corrected chi connectivity index (χ2v) is 10.8. The molecule has 1 atom stereocenters. The van der Waals surface area contributed by atoms with E-state index in [1.165, 1.54) is 35.9 Å². The van der Waals surface area contributed by atoms with E-state index in [0.717, 1.165) is 41.6 Å². The van der Waals surface area contributed by atoms with Gasteiger partial charge in [-0.1, -0.05) is 37.1 Å². The Balaban J connectivity index is 1.48. The van der Waals surface area contributed by atoms with Gasteiger partial charge in [0.25, 0.3) is 0 Å². The molecule has 1 aliphatic rings. The monoisotopic (exact) mass is 469 g/mol. The second-order valence-electron chi connectivity index (χ2n) is 8.51. The van der Waals surface area contributed by atoms with E-state index in [1.807, 2.05) is 50.2 Å². The van der Waals surface area contributed by atoms with Gasteiger partial charge in [-0.15, -0.1) is 21.5 Å². The van der Waals surface area contributed by atoms with E-state index in [1.54, 1.807) is 11.3 Å². The molecule has 2 heterocycles. The standard InChI is InChI=1S/C24H31N5OS2/c1-17(23(30)25-18-11-13-19(14-12-18)28(2)3)32-24-27-26-22(16-21-10-7-15-31-21)29(24)20-8-5-4-6-9-20/h7,10-15,17,20H,4-6,8-9,16H2,1-3H3,(H,25,30). The Kier molecular flexibility index (Phi) is 7.52. The number of nitrogens with zero attached hydrogens (tertiary/aromatic N) is 4. The summed E-state index contributed by atoms with van der Waals surface area (Å²) in [5.41, 5.74) is 1.91. The van der Waals surface area contributed by atoms with Crippen molar-refractivity contribution in [3.05, 3.63) is 52.5 Å². The van der Waals surface area contributed by atoms with Crippen LogP contribution in [0.25, 0.3) is 0 Å². The second kappa shape index (κ2) is 10.5. The normalized spacial score (nSPS) is 15.5. The van der Waals surface area contributed by atoms with Gasteiger partial charge in [0.1, 0.15) is 5.82 Å². The van der Waals surface area contributed by atoms with Gasteiger partial charge < -0.3 is 14.8 Å². The van der Waals surface area contributed by atoms with Gasteiger partial charge in [0.15, 0.2) is 5.16 Å². The van der Waals surface area contributed by atoms with Crippen LogP contribution >= 0.6 is 23.1 Å². The average Bonchev–Trinajstić information content (AvgIpc) is 3.45. The van der Waals surface area contributed by atoms with E-state index in [-0.39, 0.29) is 11.2 Å². The number of nitrogens with one attached hydrogen (secondary N) is 1. The van der Waals surface area contributed by atoms with Gasteiger partial charge in [0, 0.05) is 42.8 Å². The number of hydrogen-bond donors (Lipinski definition) is 1.